The fraction of sp³-hybridized carbons (Fsp3) is 0.423. The summed E-state index contributed by atoms with van der Waals surface area (Å²) < 4.78 is 50.5. The topological polar surface area (TPSA) is 87.8 Å². The minimum absolute atomic E-state index is 0.0455. The van der Waals surface area contributed by atoms with Crippen LogP contribution >= 0.6 is 0 Å². The second kappa shape index (κ2) is 10.2. The number of aliphatic hydroxyl groups excluding tert-OH is 1. The quantitative estimate of drug-likeness (QED) is 0.368. The van der Waals surface area contributed by atoms with Crippen molar-refractivity contribution in [1.82, 2.24) is 29.8 Å². The molecule has 0 bridgehead atoms. The van der Waals surface area contributed by atoms with Crippen molar-refractivity contribution in [3.8, 4) is 17.3 Å². The first kappa shape index (κ1) is 25.4. The summed E-state index contributed by atoms with van der Waals surface area (Å²) in [6.07, 6.45) is -2.48. The van der Waals surface area contributed by atoms with Crippen molar-refractivity contribution in [2.75, 3.05) is 26.2 Å². The van der Waals surface area contributed by atoms with Gasteiger partial charge in [-0.3, -0.25) is 9.30 Å². The van der Waals surface area contributed by atoms with Gasteiger partial charge in [-0.25, -0.2) is 4.98 Å². The van der Waals surface area contributed by atoms with Crippen LogP contribution in [0.25, 0.3) is 28.1 Å². The third-order valence-corrected chi connectivity index (χ3v) is 6.46. The first-order valence-corrected chi connectivity index (χ1v) is 12.3. The molecular weight excluding hydrogens is 485 g/mol. The zero-order valence-corrected chi connectivity index (χ0v) is 20.6. The van der Waals surface area contributed by atoms with Gasteiger partial charge in [-0.15, -0.1) is 10.2 Å². The van der Waals surface area contributed by atoms with Gasteiger partial charge in [0, 0.05) is 37.3 Å². The Balaban J connectivity index is 1.53. The van der Waals surface area contributed by atoms with E-state index in [1.807, 2.05) is 38.1 Å². The molecule has 1 saturated heterocycles. The van der Waals surface area contributed by atoms with E-state index in [0.717, 1.165) is 5.39 Å². The van der Waals surface area contributed by atoms with Crippen molar-refractivity contribution in [3.63, 3.8) is 0 Å². The molecule has 4 heterocycles. The van der Waals surface area contributed by atoms with Crippen LogP contribution in [0.2, 0.25) is 0 Å². The molecule has 8 nitrogen and oxygen atoms in total. The van der Waals surface area contributed by atoms with Crippen LogP contribution in [0, 0.1) is 0 Å². The molecule has 1 aliphatic rings. The van der Waals surface area contributed by atoms with E-state index in [4.69, 9.17) is 14.8 Å². The normalized spacial score (nSPS) is 17.8. The van der Waals surface area contributed by atoms with Crippen LogP contribution in [0.5, 0.6) is 5.75 Å². The minimum Gasteiger partial charge on any atom is -0.489 e. The van der Waals surface area contributed by atoms with Gasteiger partial charge >= 0.3 is 6.18 Å². The standard InChI is InChI=1S/C26H29F3N6O2/c1-16(2)37-21-5-3-4-17-6-8-20(31-23(17)21)25-33-32-22-9-7-18(14-35(22)25)24(26(27,28)29)34-12-10-19(15-34)30-11-13-36/h3-9,14,16,19,24,30,36H,10-13,15H2,1-2H3. The third kappa shape index (κ3) is 5.25. The smallest absolute Gasteiger partial charge is 0.408 e. The maximum absolute atomic E-state index is 14.3. The Kier molecular flexibility index (Phi) is 7.02. The zero-order valence-electron chi connectivity index (χ0n) is 20.6. The summed E-state index contributed by atoms with van der Waals surface area (Å²) in [7, 11) is 0. The average molecular weight is 515 g/mol. The molecule has 2 atom stereocenters. The van der Waals surface area contributed by atoms with Crippen molar-refractivity contribution < 1.29 is 23.0 Å². The molecular formula is C26H29F3N6O2. The molecule has 11 heteroatoms. The van der Waals surface area contributed by atoms with E-state index >= 15 is 0 Å². The molecule has 0 spiro atoms. The number of nitrogens with zero attached hydrogens (tertiary/aromatic N) is 5. The van der Waals surface area contributed by atoms with Gasteiger partial charge < -0.3 is 15.2 Å². The fourth-order valence-electron chi connectivity index (χ4n) is 4.90. The van der Waals surface area contributed by atoms with E-state index in [9.17, 15) is 13.2 Å². The number of rotatable bonds is 8. The number of hydrogen-bond donors (Lipinski definition) is 2. The number of fused-ring (bicyclic) bond motifs is 2. The highest BCUT2D eigenvalue weighted by atomic mass is 19.4. The molecule has 4 aromatic rings. The Morgan fingerprint density at radius 2 is 1.97 bits per heavy atom. The molecule has 1 aliphatic heterocycles. The molecule has 1 fully saturated rings. The lowest BCUT2D eigenvalue weighted by Crippen LogP contribution is -2.40. The summed E-state index contributed by atoms with van der Waals surface area (Å²) in [5.41, 5.74) is 1.66. The Morgan fingerprint density at radius 1 is 1.14 bits per heavy atom. The SMILES string of the molecule is CC(C)Oc1cccc2ccc(-c3nnc4ccc(C(N5CCC(NCCO)C5)C(F)(F)F)cn34)nc12. The third-order valence-electron chi connectivity index (χ3n) is 6.46. The van der Waals surface area contributed by atoms with Crippen molar-refractivity contribution in [3.05, 3.63) is 54.2 Å². The van der Waals surface area contributed by atoms with E-state index in [0.29, 0.717) is 47.9 Å². The summed E-state index contributed by atoms with van der Waals surface area (Å²) in [6.45, 7) is 4.69. The summed E-state index contributed by atoms with van der Waals surface area (Å²) in [5.74, 6) is 0.974. The summed E-state index contributed by atoms with van der Waals surface area (Å²) >= 11 is 0. The van der Waals surface area contributed by atoms with Crippen LogP contribution in [0.3, 0.4) is 0 Å². The monoisotopic (exact) mass is 514 g/mol. The Labute approximate surface area is 212 Å². The van der Waals surface area contributed by atoms with Gasteiger partial charge in [-0.2, -0.15) is 13.2 Å². The number of alkyl halides is 3. The van der Waals surface area contributed by atoms with Crippen molar-refractivity contribution >= 4 is 16.6 Å². The van der Waals surface area contributed by atoms with E-state index in [1.54, 1.807) is 16.5 Å². The molecule has 1 aromatic carbocycles. The number of benzene rings is 1. The predicted octanol–water partition coefficient (Wildman–Crippen LogP) is 3.99. The van der Waals surface area contributed by atoms with Crippen LogP contribution in [-0.4, -0.2) is 74.2 Å². The van der Waals surface area contributed by atoms with Crippen LogP contribution in [-0.2, 0) is 0 Å². The second-order valence-electron chi connectivity index (χ2n) is 9.51. The van der Waals surface area contributed by atoms with Gasteiger partial charge in [-0.1, -0.05) is 24.3 Å². The molecule has 2 N–H and O–H groups in total. The molecule has 37 heavy (non-hydrogen) atoms. The van der Waals surface area contributed by atoms with E-state index in [2.05, 4.69) is 15.5 Å². The lowest BCUT2D eigenvalue weighted by molar-refractivity contribution is -0.184. The number of hydrogen-bond acceptors (Lipinski definition) is 7. The van der Waals surface area contributed by atoms with Gasteiger partial charge in [0.15, 0.2) is 11.5 Å². The van der Waals surface area contributed by atoms with Crippen molar-refractivity contribution in [2.45, 2.75) is 44.6 Å². The Hall–Kier alpha value is -3.28. The molecule has 5 rings (SSSR count). The zero-order chi connectivity index (χ0) is 26.2. The van der Waals surface area contributed by atoms with E-state index < -0.39 is 12.2 Å². The second-order valence-corrected chi connectivity index (χ2v) is 9.51. The lowest BCUT2D eigenvalue weighted by Gasteiger charge is -2.30. The molecule has 3 aromatic heterocycles. The van der Waals surface area contributed by atoms with Crippen LogP contribution in [0.4, 0.5) is 13.2 Å². The number of aliphatic hydroxyl groups is 1. The lowest BCUT2D eigenvalue weighted by atomic mass is 10.1. The average Bonchev–Trinajstić information content (AvgIpc) is 3.48. The molecule has 196 valence electrons. The number of para-hydroxylation sites is 1. The van der Waals surface area contributed by atoms with E-state index in [1.165, 1.54) is 17.2 Å². The molecule has 0 radical (unpaired) electrons. The highest BCUT2D eigenvalue weighted by Crippen LogP contribution is 2.40. The van der Waals surface area contributed by atoms with Crippen molar-refractivity contribution in [1.29, 1.82) is 0 Å². The Morgan fingerprint density at radius 3 is 2.73 bits per heavy atom. The number of ether oxygens (including phenoxy) is 1. The van der Waals surface area contributed by atoms with Gasteiger partial charge in [0.2, 0.25) is 0 Å². The van der Waals surface area contributed by atoms with Crippen molar-refractivity contribution in [2.24, 2.45) is 0 Å². The molecule has 0 amide bonds. The largest absolute Gasteiger partial charge is 0.489 e. The first-order valence-electron chi connectivity index (χ1n) is 12.3. The highest BCUT2D eigenvalue weighted by Gasteiger charge is 2.46. The highest BCUT2D eigenvalue weighted by molar-refractivity contribution is 5.86. The Bertz CT molecular complexity index is 1390. The first-order chi connectivity index (χ1) is 17.7. The molecule has 0 aliphatic carbocycles. The maximum Gasteiger partial charge on any atom is 0.408 e. The number of halogens is 3. The van der Waals surface area contributed by atoms with Gasteiger partial charge in [0.1, 0.15) is 23.0 Å². The van der Waals surface area contributed by atoms with E-state index in [-0.39, 0.29) is 30.9 Å². The van der Waals surface area contributed by atoms with Gasteiger partial charge in [0.25, 0.3) is 0 Å². The minimum atomic E-state index is -4.47. The van der Waals surface area contributed by atoms with Crippen LogP contribution in [0.1, 0.15) is 31.9 Å². The fourth-order valence-corrected chi connectivity index (χ4v) is 4.90. The number of likely N-dealkylation sites (tertiary alicyclic amines) is 1. The predicted molar refractivity (Wildman–Crippen MR) is 133 cm³/mol. The van der Waals surface area contributed by atoms with Crippen LogP contribution in [0.15, 0.2) is 48.7 Å². The summed E-state index contributed by atoms with van der Waals surface area (Å²) in [4.78, 5) is 6.18. The van der Waals surface area contributed by atoms with Gasteiger partial charge in [-0.05, 0) is 44.0 Å². The summed E-state index contributed by atoms with van der Waals surface area (Å²) in [6, 6.07) is 10.5. The summed E-state index contributed by atoms with van der Waals surface area (Å²) in [5, 5.41) is 21.4. The molecule has 2 unspecified atom stereocenters. The van der Waals surface area contributed by atoms with Crippen LogP contribution < -0.4 is 10.1 Å². The number of nitrogens with one attached hydrogen (secondary N) is 1. The number of aromatic nitrogens is 4. The maximum atomic E-state index is 14.3. The molecule has 0 saturated carbocycles. The van der Waals surface area contributed by atoms with Gasteiger partial charge in [0.05, 0.1) is 12.7 Å². The number of pyridine rings is 2.